The highest BCUT2D eigenvalue weighted by molar-refractivity contribution is 7.16. The first-order valence-electron chi connectivity index (χ1n) is 18.8. The molecule has 1 unspecified atom stereocenters. The van der Waals surface area contributed by atoms with Crippen LogP contribution in [0.5, 0.6) is 0 Å². The zero-order chi connectivity index (χ0) is 39.0. The van der Waals surface area contributed by atoms with Gasteiger partial charge >= 0.3 is 4.87 Å². The number of unbranched alkanes of at least 4 members (excludes halogenated alkanes) is 3. The average Bonchev–Trinajstić information content (AvgIpc) is 4.06. The smallest absolute Gasteiger partial charge is 0.305 e. The van der Waals surface area contributed by atoms with Gasteiger partial charge in [-0.3, -0.25) is 19.2 Å². The summed E-state index contributed by atoms with van der Waals surface area (Å²) in [5, 5.41) is 5.79. The first kappa shape index (κ1) is 45.0. The molecule has 3 aromatic rings. The van der Waals surface area contributed by atoms with Gasteiger partial charge in [0, 0.05) is 37.4 Å². The van der Waals surface area contributed by atoms with E-state index in [-0.39, 0.29) is 33.4 Å². The maximum absolute atomic E-state index is 12.0. The van der Waals surface area contributed by atoms with E-state index in [4.69, 9.17) is 15.3 Å². The van der Waals surface area contributed by atoms with Crippen LogP contribution in [0.15, 0.2) is 71.5 Å². The van der Waals surface area contributed by atoms with Gasteiger partial charge in [0.2, 0.25) is 17.7 Å². The van der Waals surface area contributed by atoms with Gasteiger partial charge in [-0.1, -0.05) is 98.6 Å². The van der Waals surface area contributed by atoms with E-state index >= 15 is 0 Å². The highest BCUT2D eigenvalue weighted by Crippen LogP contribution is 2.39. The zero-order valence-electron chi connectivity index (χ0n) is 32.0. The van der Waals surface area contributed by atoms with Gasteiger partial charge in [-0.15, -0.1) is 0 Å². The number of nitrogens with two attached hydrogens (primary N) is 1. The molecule has 2 aromatic carbocycles. The molecule has 3 fully saturated rings. The average molecular weight is 758 g/mol. The number of hydrogen-bond acceptors (Lipinski definition) is 8. The van der Waals surface area contributed by atoms with Crippen LogP contribution in [0.2, 0.25) is 0 Å². The van der Waals surface area contributed by atoms with E-state index < -0.39 is 11.9 Å². The number of carbonyl (C=O) groups excluding carboxylic acids is 4. The maximum atomic E-state index is 12.0. The molecule has 12 heteroatoms. The Morgan fingerprint density at radius 3 is 2.42 bits per heavy atom. The van der Waals surface area contributed by atoms with Crippen LogP contribution in [0.1, 0.15) is 87.9 Å². The third-order valence-corrected chi connectivity index (χ3v) is 10.1. The monoisotopic (exact) mass is 757 g/mol. The number of nitrogens with zero attached hydrogens (tertiary/aromatic N) is 1. The van der Waals surface area contributed by atoms with Crippen LogP contribution in [0, 0.1) is 17.8 Å². The topological polar surface area (TPSA) is 164 Å². The normalized spacial score (nSPS) is 18.9. The number of amides is 3. The van der Waals surface area contributed by atoms with Crippen molar-refractivity contribution in [3.05, 3.63) is 82.0 Å². The number of H-pyrrole nitrogens is 1. The largest absolute Gasteiger partial charge is 0.382 e. The lowest BCUT2D eigenvalue weighted by atomic mass is 10.2. The van der Waals surface area contributed by atoms with Crippen LogP contribution in [0.4, 0.5) is 0 Å². The fraction of sp³-hybridized carbons (Fsp3) is 0.537. The van der Waals surface area contributed by atoms with E-state index in [1.807, 2.05) is 61.4 Å². The van der Waals surface area contributed by atoms with Crippen molar-refractivity contribution >= 4 is 46.1 Å². The molecule has 1 saturated heterocycles. The van der Waals surface area contributed by atoms with Gasteiger partial charge in [-0.05, 0) is 75.0 Å². The van der Waals surface area contributed by atoms with Gasteiger partial charge in [0.25, 0.3) is 0 Å². The number of allylic oxidation sites excluding steroid dienone is 2. The quantitative estimate of drug-likeness (QED) is 0.105. The summed E-state index contributed by atoms with van der Waals surface area (Å²) in [4.78, 5) is 57.5. The molecule has 4 atom stereocenters. The standard InChI is InChI=1S/C14H19N3O2.C12H21NO.C7H5NOS.C7H14O.CH2O.3H2/c15-14(19)12-7-4-8-17(12)13(18)10-16-9-11-5-2-1-3-6-11;1-3-4-5-6-7-8-10-9-11(10)12(14)13-2;9-7-8-5-3-1-2-4-6(5)10-7;1-6(8-2)5-7-3-4-7;1-2;;;/h1-3,5-6,12,16H,4,7-10H2,(H2,15,19);7-8,10-11H,3-6,9H2,1-2H3,(H,13,14);1-4H,(H,8,9);6-7H,3-5H2,1-2H3;1H2;3*1H/b;8-7-;;;;;;/t12-;10-,11+;;;;;;/m01....../s1. The summed E-state index contributed by atoms with van der Waals surface area (Å²) >= 11 is 1.24. The molecule has 5 N–H and O–H groups in total. The molecule has 0 spiro atoms. The second-order valence-electron chi connectivity index (χ2n) is 13.5. The molecule has 3 aliphatic rings. The van der Waals surface area contributed by atoms with Gasteiger partial charge in [-0.2, -0.15) is 0 Å². The van der Waals surface area contributed by atoms with Crippen LogP contribution >= 0.6 is 11.3 Å². The minimum atomic E-state index is -0.425. The third-order valence-electron chi connectivity index (χ3n) is 9.22. The second-order valence-corrected chi connectivity index (χ2v) is 14.5. The predicted octanol–water partition coefficient (Wildman–Crippen LogP) is 6.72. The zero-order valence-corrected chi connectivity index (χ0v) is 32.8. The van der Waals surface area contributed by atoms with Crippen molar-refractivity contribution < 1.29 is 28.2 Å². The molecule has 11 nitrogen and oxygen atoms in total. The van der Waals surface area contributed by atoms with Crippen molar-refractivity contribution in [1.29, 1.82) is 0 Å². The van der Waals surface area contributed by atoms with Gasteiger partial charge in [0.05, 0.1) is 22.9 Å². The predicted molar refractivity (Wildman–Crippen MR) is 221 cm³/mol. The van der Waals surface area contributed by atoms with E-state index in [9.17, 15) is 19.2 Å². The Kier molecular flexibility index (Phi) is 21.9. The van der Waals surface area contributed by atoms with Crippen molar-refractivity contribution in [2.75, 3.05) is 27.2 Å². The number of nitrogens with one attached hydrogen (secondary N) is 3. The lowest BCUT2D eigenvalue weighted by molar-refractivity contribution is -0.136. The molecule has 2 saturated carbocycles. The Labute approximate surface area is 323 Å². The highest BCUT2D eigenvalue weighted by Gasteiger charge is 2.40. The first-order valence-corrected chi connectivity index (χ1v) is 19.6. The van der Waals surface area contributed by atoms with E-state index in [1.54, 1.807) is 19.1 Å². The van der Waals surface area contributed by atoms with Crippen LogP contribution in [0.25, 0.3) is 10.2 Å². The maximum Gasteiger partial charge on any atom is 0.305 e. The molecule has 6 rings (SSSR count). The number of fused-ring (bicyclic) bond motifs is 1. The Hall–Kier alpha value is -4.13. The van der Waals surface area contributed by atoms with Gasteiger partial charge in [-0.25, -0.2) is 0 Å². The summed E-state index contributed by atoms with van der Waals surface area (Å²) in [7, 11) is 3.50. The summed E-state index contributed by atoms with van der Waals surface area (Å²) < 4.78 is 6.12. The van der Waals surface area contributed by atoms with Crippen LogP contribution in [0.3, 0.4) is 0 Å². The minimum Gasteiger partial charge on any atom is -0.382 e. The Morgan fingerprint density at radius 2 is 1.79 bits per heavy atom. The molecule has 3 amide bonds. The molecule has 298 valence electrons. The van der Waals surface area contributed by atoms with Gasteiger partial charge in [0.1, 0.15) is 12.8 Å². The lowest BCUT2D eigenvalue weighted by Gasteiger charge is -2.22. The van der Waals surface area contributed by atoms with Crippen LogP contribution < -0.4 is 21.2 Å². The molecule has 0 radical (unpaired) electrons. The summed E-state index contributed by atoms with van der Waals surface area (Å²) in [5.74, 6) is 1.53. The Bertz CT molecular complexity index is 1550. The molecular formula is C41H67N5O6S. The summed E-state index contributed by atoms with van der Waals surface area (Å²) in [6, 6.07) is 17.1. The summed E-state index contributed by atoms with van der Waals surface area (Å²) in [6.45, 7) is 7.85. The van der Waals surface area contributed by atoms with Crippen LogP contribution in [-0.4, -0.2) is 73.8 Å². The summed E-state index contributed by atoms with van der Waals surface area (Å²) in [6.07, 6.45) is 16.7. The van der Waals surface area contributed by atoms with Crippen molar-refractivity contribution in [2.24, 2.45) is 23.5 Å². The minimum absolute atomic E-state index is 0. The highest BCUT2D eigenvalue weighted by atomic mass is 32.1. The van der Waals surface area contributed by atoms with Crippen molar-refractivity contribution in [3.63, 3.8) is 0 Å². The number of carbonyl (C=O) groups is 4. The fourth-order valence-corrected chi connectivity index (χ4v) is 6.62. The van der Waals surface area contributed by atoms with Crippen LogP contribution in [-0.2, 0) is 30.5 Å². The molecule has 1 aromatic heterocycles. The summed E-state index contributed by atoms with van der Waals surface area (Å²) in [5.41, 5.74) is 7.35. The molecule has 0 bridgehead atoms. The van der Waals surface area contributed by atoms with E-state index in [2.05, 4.69) is 41.6 Å². The SMILES string of the molecule is C=O.CCCCC/C=C\[C@@H]1C[C@@H]1C(=O)NC.COC(C)CC1CC1.NC(=O)[C@@H]1CCCN1C(=O)CNCc1ccccc1.O=c1[nH]c2ccccc2s1.[HH].[HH].[HH]. The fourth-order valence-electron chi connectivity index (χ4n) is 5.88. The number of thiazole rings is 1. The third kappa shape index (κ3) is 18.0. The van der Waals surface area contributed by atoms with E-state index in [0.29, 0.717) is 31.5 Å². The Morgan fingerprint density at radius 1 is 1.09 bits per heavy atom. The number of para-hydroxylation sites is 1. The lowest BCUT2D eigenvalue weighted by Crippen LogP contribution is -2.46. The number of primary amides is 1. The van der Waals surface area contributed by atoms with Crippen molar-refractivity contribution in [1.82, 2.24) is 20.5 Å². The van der Waals surface area contributed by atoms with E-state index in [1.165, 1.54) is 56.3 Å². The van der Waals surface area contributed by atoms with Crippen molar-refractivity contribution in [2.45, 2.75) is 96.7 Å². The number of rotatable bonds is 14. The number of aromatic nitrogens is 1. The second kappa shape index (κ2) is 25.8. The first-order chi connectivity index (χ1) is 25.7. The Balaban J connectivity index is 0. The number of hydrogen-bond donors (Lipinski definition) is 4. The molecule has 1 aliphatic heterocycles. The van der Waals surface area contributed by atoms with Crippen molar-refractivity contribution in [3.8, 4) is 0 Å². The van der Waals surface area contributed by atoms with Gasteiger partial charge in [0.15, 0.2) is 0 Å². The number of aromatic amines is 1. The number of methoxy groups -OCH3 is 1. The van der Waals surface area contributed by atoms with E-state index in [0.717, 1.165) is 34.5 Å². The molecule has 53 heavy (non-hydrogen) atoms. The molecule has 2 aliphatic carbocycles. The molecular weight excluding hydrogens is 691 g/mol. The number of benzene rings is 2. The number of ether oxygens (including phenoxy) is 1. The molecule has 2 heterocycles. The number of likely N-dealkylation sites (tertiary alicyclic amines) is 1. The van der Waals surface area contributed by atoms with Gasteiger partial charge < -0.3 is 35.8 Å².